The van der Waals surface area contributed by atoms with Gasteiger partial charge in [-0.1, -0.05) is 91.0 Å². The topological polar surface area (TPSA) is 144 Å². The Morgan fingerprint density at radius 2 is 1.46 bits per heavy atom. The van der Waals surface area contributed by atoms with Gasteiger partial charge in [0.05, 0.1) is 13.1 Å². The van der Waals surface area contributed by atoms with E-state index in [9.17, 15) is 28.4 Å². The quantitative estimate of drug-likeness (QED) is 0.0472. The summed E-state index contributed by atoms with van der Waals surface area (Å²) in [6.07, 6.45) is 1.58. The van der Waals surface area contributed by atoms with Gasteiger partial charge in [0.15, 0.2) is 5.78 Å². The molecule has 1 aliphatic carbocycles. The van der Waals surface area contributed by atoms with Crippen LogP contribution in [0.15, 0.2) is 109 Å². The molecule has 0 spiro atoms. The maximum atomic E-state index is 14.6. The monoisotopic (exact) mass is 864 g/mol. The predicted molar refractivity (Wildman–Crippen MR) is 238 cm³/mol. The lowest BCUT2D eigenvalue weighted by Crippen LogP contribution is -2.58. The van der Waals surface area contributed by atoms with Gasteiger partial charge in [0.1, 0.15) is 48.0 Å². The van der Waals surface area contributed by atoms with Crippen molar-refractivity contribution < 1.29 is 42.6 Å². The van der Waals surface area contributed by atoms with Gasteiger partial charge in [-0.05, 0) is 108 Å². The van der Waals surface area contributed by atoms with Crippen LogP contribution in [0.5, 0.6) is 5.75 Å². The number of nitrogens with zero attached hydrogens (tertiary/aromatic N) is 2. The summed E-state index contributed by atoms with van der Waals surface area (Å²) < 4.78 is 31.7. The molecule has 336 valence electrons. The SMILES string of the molecule is C[C@H](CN(C(=O)OC(C)(C)C)[C@H](C(=O)N(C)[C@H](C)C(=O)N[C@H](Cc1ccc(F)cc1)C(=O)OCc1ccccc1)C1CC1)Oc1ccccc1CCCNCC(=O)c1ccccc1. The molecule has 1 saturated carbocycles. The molecule has 3 amide bonds. The van der Waals surface area contributed by atoms with Crippen LogP contribution in [-0.2, 0) is 43.3 Å². The van der Waals surface area contributed by atoms with Crippen LogP contribution in [-0.4, -0.2) is 96.0 Å². The Morgan fingerprint density at radius 1 is 0.825 bits per heavy atom. The minimum atomic E-state index is -1.14. The first-order valence-electron chi connectivity index (χ1n) is 21.6. The number of carbonyl (C=O) groups excluding carboxylic acids is 5. The van der Waals surface area contributed by atoms with Crippen molar-refractivity contribution in [1.29, 1.82) is 0 Å². The van der Waals surface area contributed by atoms with Gasteiger partial charge >= 0.3 is 12.1 Å². The van der Waals surface area contributed by atoms with E-state index in [2.05, 4.69) is 10.6 Å². The van der Waals surface area contributed by atoms with Crippen molar-refractivity contribution in [3.05, 3.63) is 137 Å². The number of hydrogen-bond donors (Lipinski definition) is 2. The summed E-state index contributed by atoms with van der Waals surface area (Å²) in [7, 11) is 1.50. The summed E-state index contributed by atoms with van der Waals surface area (Å²) in [5.41, 5.74) is 2.12. The Kier molecular flexibility index (Phi) is 17.4. The van der Waals surface area contributed by atoms with E-state index in [0.29, 0.717) is 42.7 Å². The molecule has 4 aromatic rings. The third-order valence-corrected chi connectivity index (χ3v) is 10.7. The fourth-order valence-electron chi connectivity index (χ4n) is 7.06. The summed E-state index contributed by atoms with van der Waals surface area (Å²) in [6.45, 7) is 9.51. The minimum absolute atomic E-state index is 0.0146. The molecule has 1 aliphatic rings. The molecule has 4 aromatic carbocycles. The van der Waals surface area contributed by atoms with Crippen molar-refractivity contribution >= 4 is 29.7 Å². The van der Waals surface area contributed by atoms with Gasteiger partial charge < -0.3 is 29.7 Å². The lowest BCUT2D eigenvalue weighted by molar-refractivity contribution is -0.150. The van der Waals surface area contributed by atoms with Crippen LogP contribution >= 0.6 is 0 Å². The number of ketones is 1. The standard InChI is InChI=1S/C50H61FN4O8/c1-34(62-44-22-14-13-20-39(44)21-15-29-52-31-43(56)38-18-11-8-12-19-38)32-55(49(60)63-50(3,4)5)45(40-25-26-40)47(58)54(6)35(2)46(57)53-42(30-36-23-27-41(51)28-24-36)48(59)61-33-37-16-9-7-10-17-37/h7-14,16-20,22-24,27-28,34-35,40,42,45,52H,15,21,25-26,29-33H2,1-6H3,(H,53,57)/t34-,35-,42-,45+/m1/s1. The van der Waals surface area contributed by atoms with Crippen molar-refractivity contribution in [2.24, 2.45) is 5.92 Å². The van der Waals surface area contributed by atoms with Crippen LogP contribution < -0.4 is 15.4 Å². The van der Waals surface area contributed by atoms with Crippen LogP contribution in [0.25, 0.3) is 0 Å². The molecule has 0 unspecified atom stereocenters. The Balaban J connectivity index is 1.26. The highest BCUT2D eigenvalue weighted by Gasteiger charge is 2.46. The van der Waals surface area contributed by atoms with E-state index in [0.717, 1.165) is 17.5 Å². The number of ether oxygens (including phenoxy) is 3. The number of hydrogen-bond acceptors (Lipinski definition) is 9. The normalized spacial score (nSPS) is 14.3. The molecule has 5 rings (SSSR count). The highest BCUT2D eigenvalue weighted by atomic mass is 19.1. The van der Waals surface area contributed by atoms with Crippen molar-refractivity contribution in [3.63, 3.8) is 0 Å². The van der Waals surface area contributed by atoms with Crippen LogP contribution in [0, 0.1) is 11.7 Å². The fraction of sp³-hybridized carbons (Fsp3) is 0.420. The van der Waals surface area contributed by atoms with E-state index in [-0.39, 0.29) is 37.8 Å². The van der Waals surface area contributed by atoms with Crippen LogP contribution in [0.2, 0.25) is 0 Å². The largest absolute Gasteiger partial charge is 0.489 e. The molecule has 0 bridgehead atoms. The van der Waals surface area contributed by atoms with Gasteiger partial charge in [0.25, 0.3) is 0 Å². The van der Waals surface area contributed by atoms with Gasteiger partial charge in [0, 0.05) is 19.0 Å². The molecule has 0 aromatic heterocycles. The zero-order valence-corrected chi connectivity index (χ0v) is 37.2. The second-order valence-electron chi connectivity index (χ2n) is 17.1. The minimum Gasteiger partial charge on any atom is -0.489 e. The molecule has 2 N–H and O–H groups in total. The van der Waals surface area contributed by atoms with E-state index in [1.165, 1.54) is 41.1 Å². The lowest BCUT2D eigenvalue weighted by atomic mass is 10.0. The number of halogens is 1. The number of amides is 3. The molecule has 63 heavy (non-hydrogen) atoms. The molecule has 13 heteroatoms. The average molecular weight is 865 g/mol. The van der Waals surface area contributed by atoms with E-state index in [1.54, 1.807) is 39.8 Å². The molecule has 1 fully saturated rings. The number of Topliss-reactive ketones (excluding diaryl/α,β-unsaturated/α-hetero) is 1. The van der Waals surface area contributed by atoms with E-state index >= 15 is 0 Å². The molecule has 0 heterocycles. The van der Waals surface area contributed by atoms with Gasteiger partial charge in [-0.15, -0.1) is 0 Å². The van der Waals surface area contributed by atoms with Crippen LogP contribution in [0.1, 0.15) is 80.9 Å². The average Bonchev–Trinajstić information content (AvgIpc) is 4.11. The van der Waals surface area contributed by atoms with E-state index in [1.807, 2.05) is 79.7 Å². The lowest BCUT2D eigenvalue weighted by Gasteiger charge is -2.37. The first-order valence-corrected chi connectivity index (χ1v) is 21.6. The van der Waals surface area contributed by atoms with Gasteiger partial charge in [-0.25, -0.2) is 14.0 Å². The Bertz CT molecular complexity index is 2130. The molecular weight excluding hydrogens is 804 g/mol. The number of likely N-dealkylation sites (N-methyl/N-ethyl adjacent to an activating group) is 1. The van der Waals surface area contributed by atoms with E-state index < -0.39 is 59.5 Å². The Hall–Kier alpha value is -6.08. The first-order chi connectivity index (χ1) is 30.1. The van der Waals surface area contributed by atoms with Crippen molar-refractivity contribution in [1.82, 2.24) is 20.4 Å². The molecule has 0 aliphatic heterocycles. The second kappa shape index (κ2) is 22.8. The van der Waals surface area contributed by atoms with Crippen molar-refractivity contribution in [2.75, 3.05) is 26.7 Å². The van der Waals surface area contributed by atoms with Crippen molar-refractivity contribution in [2.45, 2.75) is 103 Å². The highest BCUT2D eigenvalue weighted by Crippen LogP contribution is 2.37. The molecule has 0 radical (unpaired) electrons. The third kappa shape index (κ3) is 15.1. The summed E-state index contributed by atoms with van der Waals surface area (Å²) in [6, 6.07) is 28.4. The smallest absolute Gasteiger partial charge is 0.411 e. The Labute approximate surface area is 370 Å². The van der Waals surface area contributed by atoms with Gasteiger partial charge in [-0.2, -0.15) is 0 Å². The number of nitrogens with one attached hydrogen (secondary N) is 2. The molecular formula is C50H61FN4O8. The number of carbonyl (C=O) groups is 5. The molecule has 12 nitrogen and oxygen atoms in total. The number of benzene rings is 4. The zero-order chi connectivity index (χ0) is 45.5. The number of para-hydroxylation sites is 1. The molecule has 0 saturated heterocycles. The van der Waals surface area contributed by atoms with Crippen LogP contribution in [0.4, 0.5) is 9.18 Å². The molecule has 4 atom stereocenters. The van der Waals surface area contributed by atoms with Crippen LogP contribution in [0.3, 0.4) is 0 Å². The number of rotatable bonds is 22. The predicted octanol–water partition coefficient (Wildman–Crippen LogP) is 7.33. The van der Waals surface area contributed by atoms with Gasteiger partial charge in [0.2, 0.25) is 11.8 Å². The third-order valence-electron chi connectivity index (χ3n) is 10.7. The second-order valence-corrected chi connectivity index (χ2v) is 17.1. The van der Waals surface area contributed by atoms with E-state index in [4.69, 9.17) is 14.2 Å². The number of aryl methyl sites for hydroxylation is 1. The zero-order valence-electron chi connectivity index (χ0n) is 37.2. The highest BCUT2D eigenvalue weighted by molar-refractivity contribution is 5.97. The summed E-state index contributed by atoms with van der Waals surface area (Å²) in [5, 5.41) is 6.00. The summed E-state index contributed by atoms with van der Waals surface area (Å²) >= 11 is 0. The summed E-state index contributed by atoms with van der Waals surface area (Å²) in [4.78, 5) is 71.2. The van der Waals surface area contributed by atoms with Gasteiger partial charge in [-0.3, -0.25) is 19.3 Å². The summed E-state index contributed by atoms with van der Waals surface area (Å²) in [5.74, 6) is -1.71. The Morgan fingerprint density at radius 3 is 2.11 bits per heavy atom. The maximum absolute atomic E-state index is 14.6. The van der Waals surface area contributed by atoms with Crippen molar-refractivity contribution in [3.8, 4) is 5.75 Å². The number of esters is 1. The fourth-order valence-corrected chi connectivity index (χ4v) is 7.06. The maximum Gasteiger partial charge on any atom is 0.411 e. The first kappa shape index (κ1) is 48.0.